The number of phosphoric acid groups is 1. The second-order valence-corrected chi connectivity index (χ2v) is 16.6. The molecule has 0 aromatic rings. The second kappa shape index (κ2) is 32.9. The van der Waals surface area contributed by atoms with Gasteiger partial charge in [0.1, 0.15) is 18.5 Å². The van der Waals surface area contributed by atoms with E-state index in [9.17, 15) is 39.2 Å². The zero-order chi connectivity index (χ0) is 41.4. The van der Waals surface area contributed by atoms with Crippen LogP contribution in [0.25, 0.3) is 0 Å². The molecule has 0 bridgehead atoms. The molecule has 1 rings (SSSR count). The largest absolute Gasteiger partial charge is 0.472 e. The molecule has 1 fully saturated rings. The van der Waals surface area contributed by atoms with Crippen LogP contribution in [0.2, 0.25) is 0 Å². The van der Waals surface area contributed by atoms with Crippen LogP contribution in [0.3, 0.4) is 0 Å². The van der Waals surface area contributed by atoms with Crippen molar-refractivity contribution in [3.8, 4) is 0 Å². The Balaban J connectivity index is 2.47. The van der Waals surface area contributed by atoms with Gasteiger partial charge in [0.15, 0.2) is 6.10 Å². The van der Waals surface area contributed by atoms with Gasteiger partial charge in [0, 0.05) is 25.2 Å². The van der Waals surface area contributed by atoms with E-state index in [0.717, 1.165) is 70.6 Å². The molecule has 1 aliphatic carbocycles. The Morgan fingerprint density at radius 1 is 0.786 bits per heavy atom. The number of Topliss-reactive ketones (excluding diaryl/α,β-unsaturated/α-hetero) is 1. The van der Waals surface area contributed by atoms with Crippen molar-refractivity contribution in [1.82, 2.24) is 0 Å². The second-order valence-electron chi connectivity index (χ2n) is 15.1. The fourth-order valence-electron chi connectivity index (χ4n) is 6.60. The summed E-state index contributed by atoms with van der Waals surface area (Å²) in [6.07, 6.45) is 23.4. The third-order valence-electron chi connectivity index (χ3n) is 9.99. The third kappa shape index (κ3) is 26.9. The lowest BCUT2D eigenvalue weighted by Crippen LogP contribution is -2.29. The number of aliphatic hydroxyl groups is 4. The van der Waals surface area contributed by atoms with Crippen molar-refractivity contribution in [3.05, 3.63) is 24.3 Å². The summed E-state index contributed by atoms with van der Waals surface area (Å²) in [6.45, 7) is 1.97. The van der Waals surface area contributed by atoms with Crippen LogP contribution in [-0.2, 0) is 37.5 Å². The van der Waals surface area contributed by atoms with E-state index in [2.05, 4.69) is 30.5 Å². The van der Waals surface area contributed by atoms with Gasteiger partial charge in [0.05, 0.1) is 32.0 Å². The van der Waals surface area contributed by atoms with Gasteiger partial charge in [-0.15, -0.1) is 0 Å². The van der Waals surface area contributed by atoms with Gasteiger partial charge in [-0.05, 0) is 57.3 Å². The average Bonchev–Trinajstić information content (AvgIpc) is 3.44. The van der Waals surface area contributed by atoms with Crippen LogP contribution in [0.1, 0.15) is 162 Å². The Hall–Kier alpha value is -1.96. The molecule has 13 nitrogen and oxygen atoms in total. The summed E-state index contributed by atoms with van der Waals surface area (Å²) >= 11 is 0. The molecule has 0 aromatic heterocycles. The number of esters is 2. The summed E-state index contributed by atoms with van der Waals surface area (Å²) in [7, 11) is -4.68. The first kappa shape index (κ1) is 52.1. The van der Waals surface area contributed by atoms with Gasteiger partial charge in [0.25, 0.3) is 0 Å². The molecule has 326 valence electrons. The van der Waals surface area contributed by atoms with Crippen LogP contribution in [-0.4, -0.2) is 93.9 Å². The highest BCUT2D eigenvalue weighted by Gasteiger charge is 2.39. The van der Waals surface area contributed by atoms with E-state index in [1.165, 1.54) is 25.7 Å². The highest BCUT2D eigenvalue weighted by atomic mass is 31.2. The van der Waals surface area contributed by atoms with Crippen LogP contribution < -0.4 is 0 Å². The average molecular weight is 819 g/mol. The van der Waals surface area contributed by atoms with E-state index in [-0.39, 0.29) is 37.6 Å². The molecule has 56 heavy (non-hydrogen) atoms. The highest BCUT2D eigenvalue weighted by Crippen LogP contribution is 2.43. The number of allylic oxidation sites excluding steroid dienone is 3. The lowest BCUT2D eigenvalue weighted by atomic mass is 9.88. The maximum Gasteiger partial charge on any atom is 0.472 e. The standard InChI is InChI=1S/C42H75O13P/c1-3-5-7-8-9-10-11-12-13-14-15-16-21-25-41(48)52-32-36(33-54-56(50,51)53-31-35(45)30-43)55-42(49)26-22-18-17-20-24-37-38(40(47)29-39(37)46)28-27-34(44)23-19-6-4-2/h10-11,27-28,34-39,43-46H,3-9,12-26,29-33H2,1-2H3,(H,50,51)/b11-10-,28-27+/t34-,35-,36+,37+,38+,39-/m0/s1. The Kier molecular flexibility index (Phi) is 30.6. The number of carbonyl (C=O) groups excluding carboxylic acids is 3. The number of carbonyl (C=O) groups is 3. The van der Waals surface area contributed by atoms with Crippen molar-refractivity contribution in [3.63, 3.8) is 0 Å². The third-order valence-corrected chi connectivity index (χ3v) is 10.9. The Morgan fingerprint density at radius 3 is 2.02 bits per heavy atom. The number of hydrogen-bond acceptors (Lipinski definition) is 12. The molecule has 0 amide bonds. The fourth-order valence-corrected chi connectivity index (χ4v) is 7.39. The summed E-state index contributed by atoms with van der Waals surface area (Å²) in [4.78, 5) is 47.7. The van der Waals surface area contributed by atoms with Crippen molar-refractivity contribution in [1.29, 1.82) is 0 Å². The smallest absolute Gasteiger partial charge is 0.462 e. The van der Waals surface area contributed by atoms with E-state index >= 15 is 0 Å². The molecular formula is C42H75O13P. The maximum absolute atomic E-state index is 12.7. The number of aliphatic hydroxyl groups excluding tert-OH is 4. The molecule has 0 heterocycles. The first-order valence-corrected chi connectivity index (χ1v) is 22.9. The van der Waals surface area contributed by atoms with Crippen LogP contribution >= 0.6 is 7.82 Å². The topological polar surface area (TPSA) is 206 Å². The number of ketones is 1. The quantitative estimate of drug-likeness (QED) is 0.0179. The predicted molar refractivity (Wildman–Crippen MR) is 215 cm³/mol. The number of rotatable bonds is 36. The van der Waals surface area contributed by atoms with Gasteiger partial charge >= 0.3 is 19.8 Å². The Morgan fingerprint density at radius 2 is 1.36 bits per heavy atom. The van der Waals surface area contributed by atoms with Crippen LogP contribution in [0.5, 0.6) is 0 Å². The van der Waals surface area contributed by atoms with Gasteiger partial charge in [-0.1, -0.05) is 115 Å². The lowest BCUT2D eigenvalue weighted by molar-refractivity contribution is -0.161. The summed E-state index contributed by atoms with van der Waals surface area (Å²) in [5.41, 5.74) is 0. The van der Waals surface area contributed by atoms with Crippen molar-refractivity contribution >= 4 is 25.5 Å². The van der Waals surface area contributed by atoms with Crippen molar-refractivity contribution < 1.29 is 62.8 Å². The van der Waals surface area contributed by atoms with Crippen molar-refractivity contribution in [2.45, 2.75) is 186 Å². The number of ether oxygens (including phenoxy) is 2. The minimum atomic E-state index is -4.68. The van der Waals surface area contributed by atoms with E-state index in [1.807, 2.05) is 0 Å². The van der Waals surface area contributed by atoms with Crippen LogP contribution in [0.15, 0.2) is 24.3 Å². The molecule has 0 radical (unpaired) electrons. The first-order chi connectivity index (χ1) is 26.9. The Labute approximate surface area is 336 Å². The van der Waals surface area contributed by atoms with Gasteiger partial charge < -0.3 is 34.8 Å². The van der Waals surface area contributed by atoms with Gasteiger partial charge in [-0.2, -0.15) is 0 Å². The summed E-state index contributed by atoms with van der Waals surface area (Å²) in [6, 6.07) is 0. The summed E-state index contributed by atoms with van der Waals surface area (Å²) in [5.74, 6) is -1.74. The minimum absolute atomic E-state index is 0.0176. The number of phosphoric ester groups is 1. The van der Waals surface area contributed by atoms with Crippen molar-refractivity contribution in [2.24, 2.45) is 11.8 Å². The summed E-state index contributed by atoms with van der Waals surface area (Å²) in [5, 5.41) is 39.1. The maximum atomic E-state index is 12.7. The first-order valence-electron chi connectivity index (χ1n) is 21.4. The predicted octanol–water partition coefficient (Wildman–Crippen LogP) is 7.59. The van der Waals surface area contributed by atoms with Crippen molar-refractivity contribution in [2.75, 3.05) is 26.4 Å². The van der Waals surface area contributed by atoms with Crippen LogP contribution in [0, 0.1) is 11.8 Å². The number of hydrogen-bond donors (Lipinski definition) is 5. The van der Waals surface area contributed by atoms with Gasteiger partial charge in [-0.3, -0.25) is 23.4 Å². The molecule has 14 heteroatoms. The normalized spacial score (nSPS) is 20.1. The molecule has 0 spiro atoms. The van der Waals surface area contributed by atoms with E-state index in [0.29, 0.717) is 32.1 Å². The Bertz CT molecular complexity index is 1150. The molecule has 1 unspecified atom stereocenters. The zero-order valence-electron chi connectivity index (χ0n) is 34.3. The van der Waals surface area contributed by atoms with Crippen LogP contribution in [0.4, 0.5) is 0 Å². The molecular weight excluding hydrogens is 743 g/mol. The molecule has 0 aliphatic heterocycles. The highest BCUT2D eigenvalue weighted by molar-refractivity contribution is 7.47. The van der Waals surface area contributed by atoms with E-state index in [4.69, 9.17) is 19.1 Å². The van der Waals surface area contributed by atoms with E-state index < -0.39 is 69.9 Å². The van der Waals surface area contributed by atoms with E-state index in [1.54, 1.807) is 12.2 Å². The van der Waals surface area contributed by atoms with Gasteiger partial charge in [-0.25, -0.2) is 4.57 Å². The molecule has 0 saturated heterocycles. The molecule has 7 atom stereocenters. The lowest BCUT2D eigenvalue weighted by Gasteiger charge is -2.20. The monoisotopic (exact) mass is 818 g/mol. The molecule has 0 aromatic carbocycles. The zero-order valence-corrected chi connectivity index (χ0v) is 35.2. The van der Waals surface area contributed by atoms with Gasteiger partial charge in [0.2, 0.25) is 0 Å². The fraction of sp³-hybridized carbons (Fsp3) is 0.833. The minimum Gasteiger partial charge on any atom is -0.462 e. The molecule has 1 saturated carbocycles. The SMILES string of the molecule is CCCCCC/C=C\CCCCCCCC(=O)OC[C@H](COP(=O)(O)OC[C@@H](O)CO)OC(=O)CCCCCC[C@H]1[C@@H](O)CC(=O)[C@@H]1/C=C/[C@@H](O)CCCCC. The summed E-state index contributed by atoms with van der Waals surface area (Å²) < 4.78 is 32.7. The number of unbranched alkanes of at least 4 members (excludes halogenated alkanes) is 14. The molecule has 5 N–H and O–H groups in total. The molecule has 1 aliphatic rings.